The number of nitro groups is 1. The monoisotopic (exact) mass is 370 g/mol. The first-order valence-corrected chi connectivity index (χ1v) is 8.62. The fraction of sp³-hybridized carbons (Fsp3) is 0.588. The average molecular weight is 371 g/mol. The number of ether oxygens (including phenoxy) is 2. The SMILES string of the molecule is CC(C)(C)OC(=O)NC1CCC(Oc2ccc([N+](=O)[O-])cc2Cl)CC1. The molecule has 0 unspecified atom stereocenters. The van der Waals surface area contributed by atoms with Gasteiger partial charge in [0.05, 0.1) is 16.0 Å². The highest BCUT2D eigenvalue weighted by molar-refractivity contribution is 6.32. The molecule has 0 atom stereocenters. The summed E-state index contributed by atoms with van der Waals surface area (Å²) in [7, 11) is 0. The average Bonchev–Trinajstić information content (AvgIpc) is 2.49. The molecule has 1 aliphatic rings. The number of benzene rings is 1. The zero-order valence-electron chi connectivity index (χ0n) is 14.6. The smallest absolute Gasteiger partial charge is 0.407 e. The number of nitrogens with one attached hydrogen (secondary N) is 1. The van der Waals surface area contributed by atoms with Crippen molar-refractivity contribution < 1.29 is 19.2 Å². The molecule has 0 heterocycles. The van der Waals surface area contributed by atoms with E-state index in [2.05, 4.69) is 5.32 Å². The minimum Gasteiger partial charge on any atom is -0.489 e. The number of hydrogen-bond donors (Lipinski definition) is 1. The van der Waals surface area contributed by atoms with Crippen LogP contribution in [0, 0.1) is 10.1 Å². The minimum absolute atomic E-state index is 0.0318. The van der Waals surface area contributed by atoms with Crippen LogP contribution >= 0.6 is 11.6 Å². The zero-order valence-corrected chi connectivity index (χ0v) is 15.3. The summed E-state index contributed by atoms with van der Waals surface area (Å²) < 4.78 is 11.1. The van der Waals surface area contributed by atoms with Crippen LogP contribution < -0.4 is 10.1 Å². The summed E-state index contributed by atoms with van der Waals surface area (Å²) in [6.45, 7) is 5.47. The molecular weight excluding hydrogens is 348 g/mol. The topological polar surface area (TPSA) is 90.7 Å². The van der Waals surface area contributed by atoms with E-state index in [0.717, 1.165) is 25.7 Å². The first kappa shape index (κ1) is 19.3. The van der Waals surface area contributed by atoms with Gasteiger partial charge >= 0.3 is 6.09 Å². The minimum atomic E-state index is -0.517. The van der Waals surface area contributed by atoms with Crippen molar-refractivity contribution in [3.8, 4) is 5.75 Å². The number of rotatable bonds is 4. The van der Waals surface area contributed by atoms with Gasteiger partial charge in [-0.3, -0.25) is 10.1 Å². The van der Waals surface area contributed by atoms with Crippen molar-refractivity contribution in [2.45, 2.75) is 64.2 Å². The molecule has 1 aromatic rings. The van der Waals surface area contributed by atoms with Crippen molar-refractivity contribution in [1.29, 1.82) is 0 Å². The lowest BCUT2D eigenvalue weighted by Crippen LogP contribution is -2.42. The summed E-state index contributed by atoms with van der Waals surface area (Å²) in [6, 6.07) is 4.23. The van der Waals surface area contributed by atoms with Gasteiger partial charge in [0.15, 0.2) is 0 Å². The number of hydrogen-bond acceptors (Lipinski definition) is 5. The molecule has 1 N–H and O–H groups in total. The second kappa shape index (κ2) is 7.91. The van der Waals surface area contributed by atoms with Gasteiger partial charge in [-0.15, -0.1) is 0 Å². The Morgan fingerprint density at radius 3 is 2.44 bits per heavy atom. The van der Waals surface area contributed by atoms with E-state index in [0.29, 0.717) is 5.75 Å². The fourth-order valence-corrected chi connectivity index (χ4v) is 2.90. The normalized spacial score (nSPS) is 20.6. The van der Waals surface area contributed by atoms with Crippen molar-refractivity contribution in [3.63, 3.8) is 0 Å². The lowest BCUT2D eigenvalue weighted by molar-refractivity contribution is -0.384. The third kappa shape index (κ3) is 6.08. The Bertz CT molecular complexity index is 636. The maximum absolute atomic E-state index is 11.8. The van der Waals surface area contributed by atoms with Gasteiger partial charge < -0.3 is 14.8 Å². The Hall–Kier alpha value is -2.02. The van der Waals surface area contributed by atoms with E-state index in [9.17, 15) is 14.9 Å². The predicted molar refractivity (Wildman–Crippen MR) is 94.1 cm³/mol. The summed E-state index contributed by atoms with van der Waals surface area (Å²) in [5, 5.41) is 13.8. The molecule has 0 aliphatic heterocycles. The van der Waals surface area contributed by atoms with Gasteiger partial charge in [-0.1, -0.05) is 11.6 Å². The highest BCUT2D eigenvalue weighted by atomic mass is 35.5. The van der Waals surface area contributed by atoms with Crippen LogP contribution in [0.5, 0.6) is 5.75 Å². The van der Waals surface area contributed by atoms with Gasteiger partial charge in [0.2, 0.25) is 0 Å². The first-order valence-electron chi connectivity index (χ1n) is 8.24. The molecule has 1 amide bonds. The quantitative estimate of drug-likeness (QED) is 0.624. The third-order valence-electron chi connectivity index (χ3n) is 3.81. The number of carbonyl (C=O) groups is 1. The fourth-order valence-electron chi connectivity index (χ4n) is 2.68. The molecule has 0 aromatic heterocycles. The summed E-state index contributed by atoms with van der Waals surface area (Å²) >= 11 is 6.05. The Balaban J connectivity index is 1.83. The molecule has 1 aromatic carbocycles. The molecule has 2 rings (SSSR count). The Labute approximate surface area is 151 Å². The molecule has 1 aliphatic carbocycles. The van der Waals surface area contributed by atoms with Crippen molar-refractivity contribution >= 4 is 23.4 Å². The van der Waals surface area contributed by atoms with Crippen LogP contribution in [-0.4, -0.2) is 28.8 Å². The maximum Gasteiger partial charge on any atom is 0.407 e. The number of amides is 1. The molecule has 0 saturated heterocycles. The molecule has 0 radical (unpaired) electrons. The van der Waals surface area contributed by atoms with Gasteiger partial charge in [-0.2, -0.15) is 0 Å². The lowest BCUT2D eigenvalue weighted by atomic mass is 9.93. The van der Waals surface area contributed by atoms with Crippen LogP contribution in [0.2, 0.25) is 5.02 Å². The molecule has 7 nitrogen and oxygen atoms in total. The second-order valence-corrected chi connectivity index (χ2v) is 7.52. The van der Waals surface area contributed by atoms with Crippen LogP contribution in [0.4, 0.5) is 10.5 Å². The highest BCUT2D eigenvalue weighted by Gasteiger charge is 2.26. The van der Waals surface area contributed by atoms with Crippen molar-refractivity contribution in [2.24, 2.45) is 0 Å². The molecule has 25 heavy (non-hydrogen) atoms. The third-order valence-corrected chi connectivity index (χ3v) is 4.11. The molecular formula is C17H23ClN2O5. The molecule has 0 spiro atoms. The standard InChI is InChI=1S/C17H23ClN2O5/c1-17(2,3)25-16(21)19-11-4-7-13(8-5-11)24-15-9-6-12(20(22)23)10-14(15)18/h6,9-11,13H,4-5,7-8H2,1-3H3,(H,19,21). The maximum atomic E-state index is 11.8. The molecule has 1 saturated carbocycles. The zero-order chi connectivity index (χ0) is 18.6. The van der Waals surface area contributed by atoms with E-state index in [4.69, 9.17) is 21.1 Å². The van der Waals surface area contributed by atoms with Crippen LogP contribution in [0.25, 0.3) is 0 Å². The largest absolute Gasteiger partial charge is 0.489 e. The van der Waals surface area contributed by atoms with Crippen molar-refractivity contribution in [1.82, 2.24) is 5.32 Å². The van der Waals surface area contributed by atoms with E-state index in [1.807, 2.05) is 20.8 Å². The van der Waals surface area contributed by atoms with Crippen molar-refractivity contribution in [2.75, 3.05) is 0 Å². The molecule has 0 bridgehead atoms. The summed E-state index contributed by atoms with van der Waals surface area (Å²) in [5.74, 6) is 0.441. The number of alkyl carbamates (subject to hydrolysis) is 1. The van der Waals surface area contributed by atoms with E-state index in [1.165, 1.54) is 18.2 Å². The number of nitro benzene ring substituents is 1. The Kier molecular flexibility index (Phi) is 6.11. The Morgan fingerprint density at radius 2 is 1.92 bits per heavy atom. The molecule has 8 heteroatoms. The summed E-state index contributed by atoms with van der Waals surface area (Å²) in [5.41, 5.74) is -0.584. The van der Waals surface area contributed by atoms with Gasteiger partial charge in [-0.25, -0.2) is 4.79 Å². The Morgan fingerprint density at radius 1 is 1.28 bits per heavy atom. The number of halogens is 1. The van der Waals surface area contributed by atoms with Crippen molar-refractivity contribution in [3.05, 3.63) is 33.3 Å². The first-order chi connectivity index (χ1) is 11.6. The van der Waals surface area contributed by atoms with Crippen LogP contribution in [0.3, 0.4) is 0 Å². The number of non-ortho nitro benzene ring substituents is 1. The summed E-state index contributed by atoms with van der Waals surface area (Å²) in [4.78, 5) is 22.0. The van der Waals surface area contributed by atoms with Gasteiger partial charge in [0.25, 0.3) is 5.69 Å². The number of carbonyl (C=O) groups excluding carboxylic acids is 1. The van der Waals surface area contributed by atoms with Crippen LogP contribution in [0.1, 0.15) is 46.5 Å². The van der Waals surface area contributed by atoms with E-state index >= 15 is 0 Å². The molecule has 138 valence electrons. The number of nitrogens with zero attached hydrogens (tertiary/aromatic N) is 1. The highest BCUT2D eigenvalue weighted by Crippen LogP contribution is 2.32. The van der Waals surface area contributed by atoms with Gasteiger partial charge in [0.1, 0.15) is 11.4 Å². The van der Waals surface area contributed by atoms with E-state index < -0.39 is 16.6 Å². The van der Waals surface area contributed by atoms with Crippen LogP contribution in [0.15, 0.2) is 18.2 Å². The van der Waals surface area contributed by atoms with Gasteiger partial charge in [0, 0.05) is 18.2 Å². The predicted octanol–water partition coefficient (Wildman–Crippen LogP) is 4.46. The van der Waals surface area contributed by atoms with E-state index in [1.54, 1.807) is 0 Å². The van der Waals surface area contributed by atoms with Crippen LogP contribution in [-0.2, 0) is 4.74 Å². The van der Waals surface area contributed by atoms with E-state index in [-0.39, 0.29) is 22.9 Å². The van der Waals surface area contributed by atoms with Gasteiger partial charge in [-0.05, 0) is 52.5 Å². The summed E-state index contributed by atoms with van der Waals surface area (Å²) in [6.07, 6.45) is 2.62. The molecule has 1 fully saturated rings. The second-order valence-electron chi connectivity index (χ2n) is 7.11. The lowest BCUT2D eigenvalue weighted by Gasteiger charge is -2.30.